The average molecular weight is 318 g/mol. The molecule has 0 unspecified atom stereocenters. The molecule has 0 aliphatic carbocycles. The van der Waals surface area contributed by atoms with Crippen molar-refractivity contribution in [2.75, 3.05) is 30.3 Å². The number of aromatic nitrogens is 1. The summed E-state index contributed by atoms with van der Waals surface area (Å²) in [6, 6.07) is 1.55. The largest absolute Gasteiger partial charge is 0.384 e. The molecule has 92 valence electrons. The first kappa shape index (κ1) is 12.5. The van der Waals surface area contributed by atoms with Gasteiger partial charge >= 0.3 is 0 Å². The van der Waals surface area contributed by atoms with Crippen molar-refractivity contribution in [2.45, 2.75) is 0 Å². The Balaban J connectivity index is 2.19. The summed E-state index contributed by atoms with van der Waals surface area (Å²) in [6.45, 7) is 1.06. The van der Waals surface area contributed by atoms with Crippen LogP contribution in [0.4, 0.5) is 5.82 Å². The predicted molar refractivity (Wildman–Crippen MR) is 70.1 cm³/mol. The van der Waals surface area contributed by atoms with Crippen LogP contribution in [0.2, 0.25) is 0 Å². The molecule has 2 rings (SSSR count). The molecule has 1 aromatic heterocycles. The average Bonchev–Trinajstić information content (AvgIpc) is 2.32. The van der Waals surface area contributed by atoms with E-state index in [1.807, 2.05) is 0 Å². The second-order valence-corrected chi connectivity index (χ2v) is 6.28. The van der Waals surface area contributed by atoms with Crippen LogP contribution in [0.25, 0.3) is 0 Å². The SMILES string of the molecule is Nc1cc(C(=O)N2CCS(=O)CC2)c(Br)cn1. The zero-order valence-corrected chi connectivity index (χ0v) is 11.5. The van der Waals surface area contributed by atoms with Crippen LogP contribution >= 0.6 is 15.9 Å². The van der Waals surface area contributed by atoms with Gasteiger partial charge in [0.15, 0.2) is 0 Å². The molecule has 2 N–H and O–H groups in total. The van der Waals surface area contributed by atoms with E-state index in [1.165, 1.54) is 6.20 Å². The van der Waals surface area contributed by atoms with Gasteiger partial charge < -0.3 is 10.6 Å². The molecular formula is C10H12BrN3O2S. The maximum atomic E-state index is 12.2. The number of halogens is 1. The molecule has 1 saturated heterocycles. The van der Waals surface area contributed by atoms with Gasteiger partial charge in [-0.25, -0.2) is 4.98 Å². The van der Waals surface area contributed by atoms with Gasteiger partial charge in [0.05, 0.1) is 5.56 Å². The Morgan fingerprint density at radius 3 is 2.76 bits per heavy atom. The minimum atomic E-state index is -0.786. The van der Waals surface area contributed by atoms with Crippen LogP contribution in [0.15, 0.2) is 16.7 Å². The molecule has 1 aliphatic rings. The number of nitrogen functional groups attached to an aromatic ring is 1. The molecule has 17 heavy (non-hydrogen) atoms. The van der Waals surface area contributed by atoms with Crippen molar-refractivity contribution >= 4 is 38.5 Å². The van der Waals surface area contributed by atoms with Crippen molar-refractivity contribution in [2.24, 2.45) is 0 Å². The van der Waals surface area contributed by atoms with Gasteiger partial charge in [0.1, 0.15) is 5.82 Å². The van der Waals surface area contributed by atoms with Crippen LogP contribution in [0.3, 0.4) is 0 Å². The highest BCUT2D eigenvalue weighted by Crippen LogP contribution is 2.19. The summed E-state index contributed by atoms with van der Waals surface area (Å²) in [5.41, 5.74) is 6.07. The van der Waals surface area contributed by atoms with E-state index in [0.29, 0.717) is 40.4 Å². The molecule has 0 radical (unpaired) electrons. The lowest BCUT2D eigenvalue weighted by Crippen LogP contribution is -2.41. The van der Waals surface area contributed by atoms with Crippen molar-refractivity contribution in [1.82, 2.24) is 9.88 Å². The number of hydrogen-bond acceptors (Lipinski definition) is 4. The predicted octanol–water partition coefficient (Wildman–Crippen LogP) is 0.631. The van der Waals surface area contributed by atoms with Gasteiger partial charge in [-0.3, -0.25) is 9.00 Å². The van der Waals surface area contributed by atoms with Gasteiger partial charge in [0.2, 0.25) is 0 Å². The Kier molecular flexibility index (Phi) is 3.78. The minimum Gasteiger partial charge on any atom is -0.384 e. The quantitative estimate of drug-likeness (QED) is 0.824. The number of carbonyl (C=O) groups excluding carboxylic acids is 1. The van der Waals surface area contributed by atoms with E-state index in [2.05, 4.69) is 20.9 Å². The molecule has 2 heterocycles. The minimum absolute atomic E-state index is 0.0947. The van der Waals surface area contributed by atoms with Gasteiger partial charge in [-0.2, -0.15) is 0 Å². The molecule has 1 amide bonds. The van der Waals surface area contributed by atoms with E-state index in [9.17, 15) is 9.00 Å². The first-order chi connectivity index (χ1) is 8.08. The fourth-order valence-corrected chi connectivity index (χ4v) is 3.07. The van der Waals surface area contributed by atoms with Crippen LogP contribution < -0.4 is 5.73 Å². The Morgan fingerprint density at radius 1 is 1.47 bits per heavy atom. The molecule has 0 bridgehead atoms. The van der Waals surface area contributed by atoms with Gasteiger partial charge in [-0.1, -0.05) is 0 Å². The van der Waals surface area contributed by atoms with E-state index in [0.717, 1.165) is 0 Å². The molecule has 1 aliphatic heterocycles. The summed E-state index contributed by atoms with van der Waals surface area (Å²) in [4.78, 5) is 17.8. The summed E-state index contributed by atoms with van der Waals surface area (Å²) < 4.78 is 11.9. The second kappa shape index (κ2) is 5.14. The number of carbonyl (C=O) groups is 1. The Labute approximate surface area is 110 Å². The molecule has 7 heteroatoms. The molecular weight excluding hydrogens is 306 g/mol. The lowest BCUT2D eigenvalue weighted by Gasteiger charge is -2.26. The van der Waals surface area contributed by atoms with Crippen molar-refractivity contribution < 1.29 is 9.00 Å². The molecule has 0 atom stereocenters. The van der Waals surface area contributed by atoms with Gasteiger partial charge in [-0.15, -0.1) is 0 Å². The number of nitrogens with zero attached hydrogens (tertiary/aromatic N) is 2. The first-order valence-electron chi connectivity index (χ1n) is 5.13. The third-order valence-corrected chi connectivity index (χ3v) is 4.48. The van der Waals surface area contributed by atoms with Gasteiger partial charge in [0, 0.05) is 46.1 Å². The normalized spacial score (nSPS) is 17.1. The molecule has 0 aromatic carbocycles. The fraction of sp³-hybridized carbons (Fsp3) is 0.400. The lowest BCUT2D eigenvalue weighted by atomic mass is 10.2. The van der Waals surface area contributed by atoms with E-state index >= 15 is 0 Å². The van der Waals surface area contributed by atoms with E-state index in [-0.39, 0.29) is 5.91 Å². The smallest absolute Gasteiger partial charge is 0.255 e. The number of amides is 1. The van der Waals surface area contributed by atoms with Crippen LogP contribution in [-0.4, -0.2) is 44.6 Å². The van der Waals surface area contributed by atoms with Gasteiger partial charge in [0.25, 0.3) is 5.91 Å². The number of hydrogen-bond donors (Lipinski definition) is 1. The lowest BCUT2D eigenvalue weighted by molar-refractivity contribution is 0.0770. The van der Waals surface area contributed by atoms with Crippen LogP contribution in [0, 0.1) is 0 Å². The maximum Gasteiger partial charge on any atom is 0.255 e. The van der Waals surface area contributed by atoms with Crippen molar-refractivity contribution in [1.29, 1.82) is 0 Å². The maximum absolute atomic E-state index is 12.2. The van der Waals surface area contributed by atoms with Gasteiger partial charge in [-0.05, 0) is 22.0 Å². The molecule has 1 aromatic rings. The Morgan fingerprint density at radius 2 is 2.12 bits per heavy atom. The van der Waals surface area contributed by atoms with Crippen molar-refractivity contribution in [3.8, 4) is 0 Å². The third kappa shape index (κ3) is 2.84. The zero-order chi connectivity index (χ0) is 12.4. The summed E-state index contributed by atoms with van der Waals surface area (Å²) in [7, 11) is -0.786. The summed E-state index contributed by atoms with van der Waals surface area (Å²) in [6.07, 6.45) is 1.52. The summed E-state index contributed by atoms with van der Waals surface area (Å²) in [5, 5.41) is 0. The molecule has 0 saturated carbocycles. The number of anilines is 1. The fourth-order valence-electron chi connectivity index (χ4n) is 1.63. The monoisotopic (exact) mass is 317 g/mol. The highest BCUT2D eigenvalue weighted by atomic mass is 79.9. The van der Waals surface area contributed by atoms with Crippen LogP contribution in [0.1, 0.15) is 10.4 Å². The number of nitrogens with two attached hydrogens (primary N) is 1. The summed E-state index contributed by atoms with van der Waals surface area (Å²) >= 11 is 3.28. The zero-order valence-electron chi connectivity index (χ0n) is 9.06. The van der Waals surface area contributed by atoms with Crippen molar-refractivity contribution in [3.05, 3.63) is 22.3 Å². The Bertz CT molecular complexity index is 471. The molecule has 0 spiro atoms. The van der Waals surface area contributed by atoms with Crippen LogP contribution in [-0.2, 0) is 10.8 Å². The standard InChI is InChI=1S/C10H12BrN3O2S/c11-8-6-13-9(12)5-7(8)10(15)14-1-3-17(16)4-2-14/h5-6H,1-4H2,(H2,12,13). The van der Waals surface area contributed by atoms with Crippen LogP contribution in [0.5, 0.6) is 0 Å². The summed E-state index contributed by atoms with van der Waals surface area (Å²) in [5.74, 6) is 1.31. The number of rotatable bonds is 1. The van der Waals surface area contributed by atoms with E-state index < -0.39 is 10.8 Å². The second-order valence-electron chi connectivity index (χ2n) is 3.73. The highest BCUT2D eigenvalue weighted by Gasteiger charge is 2.23. The molecule has 5 nitrogen and oxygen atoms in total. The molecule has 1 fully saturated rings. The van der Waals surface area contributed by atoms with E-state index in [1.54, 1.807) is 11.0 Å². The third-order valence-electron chi connectivity index (χ3n) is 2.57. The first-order valence-corrected chi connectivity index (χ1v) is 7.41. The Hall–Kier alpha value is -0.950. The van der Waals surface area contributed by atoms with E-state index in [4.69, 9.17) is 5.73 Å². The van der Waals surface area contributed by atoms with Crippen molar-refractivity contribution in [3.63, 3.8) is 0 Å². The topological polar surface area (TPSA) is 76.3 Å². The highest BCUT2D eigenvalue weighted by molar-refractivity contribution is 9.10. The number of pyridine rings is 1.